The van der Waals surface area contributed by atoms with Crippen molar-refractivity contribution in [2.45, 2.75) is 20.5 Å². The molecule has 238 valence electrons. The molecule has 0 radical (unpaired) electrons. The third kappa shape index (κ3) is 8.28. The maximum absolute atomic E-state index is 11.6. The van der Waals surface area contributed by atoms with Crippen LogP contribution >= 0.6 is 23.2 Å². The van der Waals surface area contributed by atoms with Crippen molar-refractivity contribution in [3.05, 3.63) is 131 Å². The van der Waals surface area contributed by atoms with Gasteiger partial charge in [0, 0.05) is 29.0 Å². The fraction of sp³-hybridized carbons (Fsp3) is 0.167. The number of para-hydroxylation sites is 2. The van der Waals surface area contributed by atoms with E-state index in [4.69, 9.17) is 42.9 Å². The van der Waals surface area contributed by atoms with E-state index in [9.17, 15) is 9.59 Å². The Labute approximate surface area is 276 Å². The number of aliphatic hydroxyl groups excluding tert-OH is 1. The van der Waals surface area contributed by atoms with Crippen molar-refractivity contribution < 1.29 is 29.3 Å². The number of nitrogens with zero attached hydrogens (tertiary/aromatic N) is 2. The van der Waals surface area contributed by atoms with E-state index in [-0.39, 0.29) is 18.8 Å². The third-order valence-corrected chi connectivity index (χ3v) is 7.74. The molecule has 2 aromatic heterocycles. The summed E-state index contributed by atoms with van der Waals surface area (Å²) in [4.78, 5) is 22.7. The Morgan fingerprint density at radius 3 is 1.57 bits per heavy atom. The second-order valence-electron chi connectivity index (χ2n) is 10.0. The number of carbonyl (C=O) groups is 2. The number of carbonyl (C=O) groups excluding carboxylic acids is 1. The van der Waals surface area contributed by atoms with Gasteiger partial charge in [0.25, 0.3) is 0 Å². The molecule has 0 spiro atoms. The van der Waals surface area contributed by atoms with Gasteiger partial charge in [0.15, 0.2) is 5.78 Å². The third-order valence-electron chi connectivity index (χ3n) is 7.11. The topological polar surface area (TPSA) is 103 Å². The van der Waals surface area contributed by atoms with Crippen molar-refractivity contribution in [3.63, 3.8) is 0 Å². The van der Waals surface area contributed by atoms with Crippen molar-refractivity contribution in [1.29, 1.82) is 0 Å². The fourth-order valence-corrected chi connectivity index (χ4v) is 5.17. The molecule has 0 aliphatic rings. The van der Waals surface area contributed by atoms with Crippen LogP contribution in [0.4, 0.5) is 0 Å². The summed E-state index contributed by atoms with van der Waals surface area (Å²) in [6.07, 6.45) is 3.88. The monoisotopic (exact) mass is 660 g/mol. The Morgan fingerprint density at radius 1 is 0.652 bits per heavy atom. The summed E-state index contributed by atoms with van der Waals surface area (Å²) in [5, 5.41) is 21.3. The largest absolute Gasteiger partial charge is 0.490 e. The molecule has 0 unspecified atom stereocenters. The molecule has 4 aromatic carbocycles. The van der Waals surface area contributed by atoms with Gasteiger partial charge in [-0.2, -0.15) is 0 Å². The van der Waals surface area contributed by atoms with Gasteiger partial charge in [0.1, 0.15) is 31.3 Å². The molecule has 46 heavy (non-hydrogen) atoms. The van der Waals surface area contributed by atoms with E-state index >= 15 is 0 Å². The lowest BCUT2D eigenvalue weighted by Gasteiger charge is -2.10. The van der Waals surface area contributed by atoms with Gasteiger partial charge < -0.3 is 28.8 Å². The Kier molecular flexibility index (Phi) is 11.9. The number of aromatic nitrogens is 2. The predicted octanol–water partition coefficient (Wildman–Crippen LogP) is 8.26. The van der Waals surface area contributed by atoms with Crippen LogP contribution < -0.4 is 9.47 Å². The van der Waals surface area contributed by atoms with Crippen molar-refractivity contribution in [3.8, 4) is 11.5 Å². The summed E-state index contributed by atoms with van der Waals surface area (Å²) in [7, 11) is 0. The van der Waals surface area contributed by atoms with E-state index in [0.29, 0.717) is 53.4 Å². The first-order valence-corrected chi connectivity index (χ1v) is 14.9. The zero-order valence-electron chi connectivity index (χ0n) is 24.1. The number of carboxylic acid groups (broad SMARTS) is 1. The molecule has 0 fully saturated rings. The van der Waals surface area contributed by atoms with E-state index < -0.39 is 12.6 Å². The van der Waals surface area contributed by atoms with Crippen LogP contribution in [0.1, 0.15) is 28.1 Å². The Bertz CT molecular complexity index is 1950. The van der Waals surface area contributed by atoms with Crippen LogP contribution in [0, 0.1) is 0 Å². The average Bonchev–Trinajstić information content (AvgIpc) is 3.66. The van der Waals surface area contributed by atoms with Gasteiger partial charge in [-0.3, -0.25) is 4.79 Å². The normalized spacial score (nSPS) is 10.6. The molecular weight excluding hydrogens is 627 g/mol. The van der Waals surface area contributed by atoms with Crippen LogP contribution in [0.5, 0.6) is 11.5 Å². The van der Waals surface area contributed by atoms with E-state index in [1.165, 1.54) is 0 Å². The number of Topliss-reactive ketones (excluding diaryl/α,β-unsaturated/α-hetero) is 1. The number of carboxylic acids is 1. The minimum absolute atomic E-state index is 0. The number of aliphatic hydroxyl groups is 1. The molecular formula is C36H34Cl2N2O6. The number of aromatic carboxylic acids is 1. The Hall–Kier alpha value is -4.76. The van der Waals surface area contributed by atoms with Crippen molar-refractivity contribution in [2.75, 3.05) is 19.8 Å². The SMILES string of the molecule is C.O=C(CO)c1ccc2ccn(CCOc3ccccc3Cl)c2c1.O=C(O)c1ccc2ccn(CCOc3ccccc3Cl)c2c1. The van der Waals surface area contributed by atoms with Crippen LogP contribution in [0.15, 0.2) is 109 Å². The molecule has 6 rings (SSSR count). The molecule has 0 saturated carbocycles. The quantitative estimate of drug-likeness (QED) is 0.136. The standard InChI is InChI=1S/C18H16ClNO3.C17H14ClNO3.CH4/c19-15-3-1-2-4-18(15)23-10-9-20-8-7-13-5-6-14(11-16(13)20)17(22)12-21;18-14-3-1-2-4-16(14)22-10-9-19-8-7-12-5-6-13(17(20)21)11-15(12)19;/h1-8,11,21H,9-10,12H2;1-8,11H,9-10H2,(H,20,21);1H4. The zero-order valence-corrected chi connectivity index (χ0v) is 25.6. The van der Waals surface area contributed by atoms with E-state index in [0.717, 1.165) is 21.8 Å². The van der Waals surface area contributed by atoms with Crippen molar-refractivity contribution in [2.24, 2.45) is 0 Å². The van der Waals surface area contributed by atoms with E-state index in [2.05, 4.69) is 0 Å². The van der Waals surface area contributed by atoms with Crippen molar-refractivity contribution in [1.82, 2.24) is 9.13 Å². The first kappa shape index (κ1) is 34.1. The second kappa shape index (κ2) is 16.0. The smallest absolute Gasteiger partial charge is 0.335 e. The van der Waals surface area contributed by atoms with Gasteiger partial charge in [0.05, 0.1) is 28.7 Å². The Balaban J connectivity index is 0.000000205. The summed E-state index contributed by atoms with van der Waals surface area (Å²) in [6.45, 7) is 1.67. The van der Waals surface area contributed by atoms with Gasteiger partial charge >= 0.3 is 5.97 Å². The lowest BCUT2D eigenvalue weighted by Crippen LogP contribution is -2.08. The summed E-state index contributed by atoms with van der Waals surface area (Å²) in [6, 6.07) is 29.1. The van der Waals surface area contributed by atoms with Crippen LogP contribution in [-0.4, -0.2) is 50.9 Å². The molecule has 0 aliphatic heterocycles. The van der Waals surface area contributed by atoms with Gasteiger partial charge in [0.2, 0.25) is 0 Å². The molecule has 2 N–H and O–H groups in total. The second-order valence-corrected chi connectivity index (χ2v) is 10.8. The number of fused-ring (bicyclic) bond motifs is 2. The summed E-state index contributed by atoms with van der Waals surface area (Å²) < 4.78 is 15.4. The molecule has 0 aliphatic carbocycles. The molecule has 0 amide bonds. The molecule has 6 aromatic rings. The lowest BCUT2D eigenvalue weighted by molar-refractivity contribution is 0.0696. The number of hydrogen-bond donors (Lipinski definition) is 2. The maximum atomic E-state index is 11.6. The highest BCUT2D eigenvalue weighted by Crippen LogP contribution is 2.25. The maximum Gasteiger partial charge on any atom is 0.335 e. The number of hydrogen-bond acceptors (Lipinski definition) is 5. The summed E-state index contributed by atoms with van der Waals surface area (Å²) in [5.41, 5.74) is 2.60. The van der Waals surface area contributed by atoms with Gasteiger partial charge in [-0.1, -0.05) is 73.1 Å². The molecule has 10 heteroatoms. The first-order chi connectivity index (χ1) is 21.8. The van der Waals surface area contributed by atoms with Crippen LogP contribution in [-0.2, 0) is 13.1 Å². The number of ketones is 1. The highest BCUT2D eigenvalue weighted by Gasteiger charge is 2.09. The highest BCUT2D eigenvalue weighted by atomic mass is 35.5. The number of ether oxygens (including phenoxy) is 2. The minimum atomic E-state index is -0.929. The molecule has 8 nitrogen and oxygen atoms in total. The van der Waals surface area contributed by atoms with Crippen molar-refractivity contribution >= 4 is 56.8 Å². The number of halogens is 2. The first-order valence-electron chi connectivity index (χ1n) is 14.1. The number of benzene rings is 4. The summed E-state index contributed by atoms with van der Waals surface area (Å²) >= 11 is 12.1. The molecule has 0 atom stereocenters. The average molecular weight is 662 g/mol. The number of rotatable bonds is 11. The van der Waals surface area contributed by atoms with E-state index in [1.807, 2.05) is 82.2 Å². The van der Waals surface area contributed by atoms with Gasteiger partial charge in [-0.15, -0.1) is 0 Å². The Morgan fingerprint density at radius 2 is 1.11 bits per heavy atom. The summed E-state index contributed by atoms with van der Waals surface area (Å²) in [5.74, 6) is 0.0857. The molecule has 2 heterocycles. The van der Waals surface area contributed by atoms with Crippen LogP contribution in [0.2, 0.25) is 10.0 Å². The zero-order chi connectivity index (χ0) is 31.8. The lowest BCUT2D eigenvalue weighted by atomic mass is 10.1. The highest BCUT2D eigenvalue weighted by molar-refractivity contribution is 6.32. The van der Waals surface area contributed by atoms with Crippen LogP contribution in [0.25, 0.3) is 21.8 Å². The molecule has 0 saturated heterocycles. The van der Waals surface area contributed by atoms with Gasteiger partial charge in [-0.05, 0) is 65.4 Å². The molecule has 0 bridgehead atoms. The fourth-order valence-electron chi connectivity index (χ4n) is 4.79. The predicted molar refractivity (Wildman–Crippen MR) is 183 cm³/mol. The van der Waals surface area contributed by atoms with Crippen LogP contribution in [0.3, 0.4) is 0 Å². The van der Waals surface area contributed by atoms with E-state index in [1.54, 1.807) is 36.4 Å². The van der Waals surface area contributed by atoms with Gasteiger partial charge in [-0.25, -0.2) is 4.79 Å². The minimum Gasteiger partial charge on any atom is -0.490 e.